The van der Waals surface area contributed by atoms with Gasteiger partial charge in [-0.05, 0) is 41.5 Å². The van der Waals surface area contributed by atoms with Gasteiger partial charge in [0.2, 0.25) is 11.2 Å². The van der Waals surface area contributed by atoms with Crippen LogP contribution in [0.4, 0.5) is 0 Å². The first-order chi connectivity index (χ1) is 11.6. The fourth-order valence-electron chi connectivity index (χ4n) is 2.69. The standard InChI is InChI=1S/C16H38O6Si2/c1-7-17-15(18-8-2,19-9-3)23-13-14-24-16(20-10-4,21-11-5)22-12-6/h7-14,23-24H2,1-6H3. The summed E-state index contributed by atoms with van der Waals surface area (Å²) < 4.78 is 34.9. The molecule has 0 aromatic rings. The molecule has 146 valence electrons. The van der Waals surface area contributed by atoms with Crippen LogP contribution in [0.2, 0.25) is 12.1 Å². The molecule has 0 amide bonds. The highest BCUT2D eigenvalue weighted by molar-refractivity contribution is 6.44. The highest BCUT2D eigenvalue weighted by Crippen LogP contribution is 2.20. The lowest BCUT2D eigenvalue weighted by molar-refractivity contribution is -0.324. The van der Waals surface area contributed by atoms with Crippen LogP contribution in [0.3, 0.4) is 0 Å². The van der Waals surface area contributed by atoms with Gasteiger partial charge < -0.3 is 28.4 Å². The van der Waals surface area contributed by atoms with Crippen molar-refractivity contribution in [2.24, 2.45) is 0 Å². The Kier molecular flexibility index (Phi) is 14.5. The van der Waals surface area contributed by atoms with E-state index < -0.39 is 30.2 Å². The normalized spacial score (nSPS) is 13.8. The zero-order valence-electron chi connectivity index (χ0n) is 16.5. The molecule has 0 saturated carbocycles. The molecule has 0 heterocycles. The molecule has 0 N–H and O–H groups in total. The van der Waals surface area contributed by atoms with Crippen molar-refractivity contribution >= 4 is 19.0 Å². The third kappa shape index (κ3) is 9.05. The average molecular weight is 383 g/mol. The molecule has 0 atom stereocenters. The van der Waals surface area contributed by atoms with E-state index in [1.54, 1.807) is 0 Å². The predicted octanol–water partition coefficient (Wildman–Crippen LogP) is 1.60. The van der Waals surface area contributed by atoms with Crippen LogP contribution in [0, 0.1) is 0 Å². The van der Waals surface area contributed by atoms with Crippen LogP contribution < -0.4 is 0 Å². The van der Waals surface area contributed by atoms with E-state index in [0.29, 0.717) is 39.6 Å². The Balaban J connectivity index is 4.64. The maximum atomic E-state index is 5.82. The van der Waals surface area contributed by atoms with Crippen molar-refractivity contribution in [1.29, 1.82) is 0 Å². The maximum Gasteiger partial charge on any atom is 0.249 e. The Morgan fingerprint density at radius 2 is 0.667 bits per heavy atom. The molecular weight excluding hydrogens is 344 g/mol. The fraction of sp³-hybridized carbons (Fsp3) is 1.00. The molecule has 0 bridgehead atoms. The Bertz CT molecular complexity index is 232. The molecule has 24 heavy (non-hydrogen) atoms. The SMILES string of the molecule is CCOC(OCC)(OCC)[SiH2]CC[SiH2]C(OCC)(OCC)OCC. The Morgan fingerprint density at radius 3 is 0.833 bits per heavy atom. The molecule has 0 aromatic carbocycles. The van der Waals surface area contributed by atoms with Crippen molar-refractivity contribution in [3.63, 3.8) is 0 Å². The molecule has 0 aliphatic carbocycles. The highest BCUT2D eigenvalue weighted by atomic mass is 28.2. The van der Waals surface area contributed by atoms with Crippen molar-refractivity contribution in [2.45, 2.75) is 64.8 Å². The summed E-state index contributed by atoms with van der Waals surface area (Å²) in [6, 6.07) is 2.11. The van der Waals surface area contributed by atoms with Crippen LogP contribution >= 0.6 is 0 Å². The minimum atomic E-state index is -0.794. The van der Waals surface area contributed by atoms with Crippen LogP contribution in [0.25, 0.3) is 0 Å². The van der Waals surface area contributed by atoms with E-state index in [2.05, 4.69) is 0 Å². The summed E-state index contributed by atoms with van der Waals surface area (Å²) in [5.74, 6) is 0. The van der Waals surface area contributed by atoms with Crippen LogP contribution in [0.1, 0.15) is 41.5 Å². The minimum absolute atomic E-state index is 0.588. The van der Waals surface area contributed by atoms with Crippen molar-refractivity contribution < 1.29 is 28.4 Å². The van der Waals surface area contributed by atoms with Crippen molar-refractivity contribution in [3.05, 3.63) is 0 Å². The summed E-state index contributed by atoms with van der Waals surface area (Å²) >= 11 is 0. The molecule has 0 saturated heterocycles. The van der Waals surface area contributed by atoms with Gasteiger partial charge in [0.25, 0.3) is 0 Å². The van der Waals surface area contributed by atoms with Crippen molar-refractivity contribution in [2.75, 3.05) is 39.6 Å². The Labute approximate surface area is 152 Å². The molecule has 0 aliphatic heterocycles. The van der Waals surface area contributed by atoms with Crippen molar-refractivity contribution in [1.82, 2.24) is 0 Å². The van der Waals surface area contributed by atoms with E-state index in [0.717, 1.165) is 12.1 Å². The predicted molar refractivity (Wildman–Crippen MR) is 102 cm³/mol. The molecule has 0 unspecified atom stereocenters. The van der Waals surface area contributed by atoms with Gasteiger partial charge in [-0.15, -0.1) is 0 Å². The van der Waals surface area contributed by atoms with Gasteiger partial charge >= 0.3 is 0 Å². The molecule has 0 aromatic heterocycles. The van der Waals surface area contributed by atoms with Gasteiger partial charge in [0.1, 0.15) is 19.0 Å². The third-order valence-corrected chi connectivity index (χ3v) is 8.56. The first-order valence-corrected chi connectivity index (χ1v) is 12.8. The molecule has 0 rings (SSSR count). The monoisotopic (exact) mass is 382 g/mol. The minimum Gasteiger partial charge on any atom is -0.332 e. The average Bonchev–Trinajstić information content (AvgIpc) is 2.53. The van der Waals surface area contributed by atoms with Gasteiger partial charge in [-0.2, -0.15) is 0 Å². The topological polar surface area (TPSA) is 55.4 Å². The quantitative estimate of drug-likeness (QED) is 0.216. The summed E-state index contributed by atoms with van der Waals surface area (Å²) in [5.41, 5.74) is -1.59. The zero-order chi connectivity index (χ0) is 18.3. The van der Waals surface area contributed by atoms with Gasteiger partial charge in [-0.3, -0.25) is 0 Å². The zero-order valence-corrected chi connectivity index (χ0v) is 19.3. The van der Waals surface area contributed by atoms with Crippen LogP contribution in [0.5, 0.6) is 0 Å². The number of rotatable bonds is 17. The molecule has 0 fully saturated rings. The second kappa shape index (κ2) is 14.4. The van der Waals surface area contributed by atoms with Gasteiger partial charge in [0.15, 0.2) is 0 Å². The number of ether oxygens (including phenoxy) is 6. The first kappa shape index (κ1) is 24.2. The van der Waals surface area contributed by atoms with Crippen molar-refractivity contribution in [3.8, 4) is 0 Å². The largest absolute Gasteiger partial charge is 0.332 e. The molecular formula is C16H38O6Si2. The molecule has 0 spiro atoms. The summed E-state index contributed by atoms with van der Waals surface area (Å²) in [6.45, 7) is 15.4. The fourth-order valence-corrected chi connectivity index (χ4v) is 7.64. The lowest BCUT2D eigenvalue weighted by atomic mass is 10.8. The molecule has 0 aliphatic rings. The van der Waals surface area contributed by atoms with E-state index in [1.807, 2.05) is 41.5 Å². The molecule has 6 nitrogen and oxygen atoms in total. The van der Waals surface area contributed by atoms with E-state index in [-0.39, 0.29) is 0 Å². The second-order valence-electron chi connectivity index (χ2n) is 5.17. The summed E-state index contributed by atoms with van der Waals surface area (Å²) in [6.07, 6.45) is 0. The van der Waals surface area contributed by atoms with E-state index in [4.69, 9.17) is 28.4 Å². The van der Waals surface area contributed by atoms with Gasteiger partial charge in [0.05, 0.1) is 0 Å². The van der Waals surface area contributed by atoms with E-state index in [1.165, 1.54) is 0 Å². The van der Waals surface area contributed by atoms with Gasteiger partial charge in [-0.25, -0.2) is 0 Å². The Hall–Kier alpha value is 0.194. The van der Waals surface area contributed by atoms with E-state index >= 15 is 0 Å². The van der Waals surface area contributed by atoms with Crippen LogP contribution in [-0.2, 0) is 28.4 Å². The van der Waals surface area contributed by atoms with Gasteiger partial charge in [0, 0.05) is 39.6 Å². The summed E-state index contributed by atoms with van der Waals surface area (Å²) in [4.78, 5) is 0. The maximum absolute atomic E-state index is 5.82. The smallest absolute Gasteiger partial charge is 0.249 e. The number of hydrogen-bond donors (Lipinski definition) is 0. The van der Waals surface area contributed by atoms with E-state index in [9.17, 15) is 0 Å². The van der Waals surface area contributed by atoms with Crippen LogP contribution in [0.15, 0.2) is 0 Å². The Morgan fingerprint density at radius 1 is 0.458 bits per heavy atom. The second-order valence-corrected chi connectivity index (χ2v) is 9.32. The summed E-state index contributed by atoms with van der Waals surface area (Å²) in [7, 11) is -1.45. The lowest BCUT2D eigenvalue weighted by Gasteiger charge is -2.34. The first-order valence-electron chi connectivity index (χ1n) is 9.41. The number of hydrogen-bond acceptors (Lipinski definition) is 6. The molecule has 8 heteroatoms. The van der Waals surface area contributed by atoms with Gasteiger partial charge in [-0.1, -0.05) is 12.1 Å². The third-order valence-electron chi connectivity index (χ3n) is 3.40. The van der Waals surface area contributed by atoms with Crippen LogP contribution in [-0.4, -0.2) is 69.9 Å². The highest BCUT2D eigenvalue weighted by Gasteiger charge is 2.35. The lowest BCUT2D eigenvalue weighted by Crippen LogP contribution is -2.47. The molecule has 0 radical (unpaired) electrons. The summed E-state index contributed by atoms with van der Waals surface area (Å²) in [5, 5.41) is 0.